The van der Waals surface area contributed by atoms with Crippen LogP contribution in [0.4, 0.5) is 0 Å². The fourth-order valence-corrected chi connectivity index (χ4v) is 3.55. The summed E-state index contributed by atoms with van der Waals surface area (Å²) in [6.07, 6.45) is 1.50. The molecular formula is C8H16N4O2S. The van der Waals surface area contributed by atoms with Gasteiger partial charge in [-0.25, -0.2) is 8.42 Å². The predicted octanol–water partition coefficient (Wildman–Crippen LogP) is 0.806. The molecule has 0 radical (unpaired) electrons. The standard InChI is InChI=1S/C8H16N4O2S/c1-12(5-2-4-10-11-9)8-3-6-15(13,14)7-8/h8H,2-7H2,1H3. The molecule has 1 unspecified atom stereocenters. The smallest absolute Gasteiger partial charge is 0.151 e. The summed E-state index contributed by atoms with van der Waals surface area (Å²) in [5.41, 5.74) is 8.08. The molecule has 1 fully saturated rings. The highest BCUT2D eigenvalue weighted by Crippen LogP contribution is 2.16. The van der Waals surface area contributed by atoms with Crippen LogP contribution in [0.5, 0.6) is 0 Å². The number of azide groups is 1. The van der Waals surface area contributed by atoms with Gasteiger partial charge in [-0.15, -0.1) is 0 Å². The van der Waals surface area contributed by atoms with Crippen LogP contribution in [-0.4, -0.2) is 51.0 Å². The van der Waals surface area contributed by atoms with Crippen molar-refractivity contribution >= 4 is 9.84 Å². The van der Waals surface area contributed by atoms with E-state index in [0.29, 0.717) is 12.3 Å². The molecule has 0 aromatic carbocycles. The molecule has 6 nitrogen and oxygen atoms in total. The quantitative estimate of drug-likeness (QED) is 0.304. The number of hydrogen-bond acceptors (Lipinski definition) is 4. The van der Waals surface area contributed by atoms with Crippen LogP contribution in [0, 0.1) is 0 Å². The Morgan fingerprint density at radius 1 is 1.60 bits per heavy atom. The second-order valence-corrected chi connectivity index (χ2v) is 6.07. The van der Waals surface area contributed by atoms with Crippen LogP contribution in [0.2, 0.25) is 0 Å². The first kappa shape index (κ1) is 12.3. The Labute approximate surface area is 89.8 Å². The van der Waals surface area contributed by atoms with Crippen LogP contribution in [-0.2, 0) is 9.84 Å². The Kier molecular flexibility index (Phi) is 4.38. The molecule has 0 N–H and O–H groups in total. The molecule has 1 rings (SSSR count). The topological polar surface area (TPSA) is 86.1 Å². The molecular weight excluding hydrogens is 216 g/mol. The second kappa shape index (κ2) is 5.34. The first-order valence-electron chi connectivity index (χ1n) is 4.97. The predicted molar refractivity (Wildman–Crippen MR) is 58.3 cm³/mol. The molecule has 0 aromatic heterocycles. The average Bonchev–Trinajstić information content (AvgIpc) is 2.53. The summed E-state index contributed by atoms with van der Waals surface area (Å²) in [4.78, 5) is 4.70. The van der Waals surface area contributed by atoms with Gasteiger partial charge in [-0.3, -0.25) is 0 Å². The Hall–Kier alpha value is -0.780. The zero-order valence-electron chi connectivity index (χ0n) is 8.83. The van der Waals surface area contributed by atoms with Gasteiger partial charge in [0.1, 0.15) is 0 Å². The van der Waals surface area contributed by atoms with Crippen LogP contribution in [0.1, 0.15) is 12.8 Å². The summed E-state index contributed by atoms with van der Waals surface area (Å²) in [6.45, 7) is 1.25. The third-order valence-electron chi connectivity index (χ3n) is 2.66. The van der Waals surface area contributed by atoms with E-state index in [-0.39, 0.29) is 11.8 Å². The van der Waals surface area contributed by atoms with Crippen molar-refractivity contribution in [2.45, 2.75) is 18.9 Å². The van der Waals surface area contributed by atoms with Gasteiger partial charge in [0.15, 0.2) is 9.84 Å². The molecule has 0 bridgehead atoms. The van der Waals surface area contributed by atoms with Gasteiger partial charge < -0.3 is 4.90 Å². The van der Waals surface area contributed by atoms with E-state index in [0.717, 1.165) is 19.4 Å². The lowest BCUT2D eigenvalue weighted by molar-refractivity contribution is 0.260. The Morgan fingerprint density at radius 2 is 2.33 bits per heavy atom. The van der Waals surface area contributed by atoms with Gasteiger partial charge in [-0.2, -0.15) is 0 Å². The first-order chi connectivity index (χ1) is 7.05. The fourth-order valence-electron chi connectivity index (χ4n) is 1.74. The molecule has 1 atom stereocenters. The maximum atomic E-state index is 11.2. The Bertz CT molecular complexity index is 348. The molecule has 0 spiro atoms. The summed E-state index contributed by atoms with van der Waals surface area (Å²) in [5, 5.41) is 3.43. The van der Waals surface area contributed by atoms with E-state index in [4.69, 9.17) is 5.53 Å². The van der Waals surface area contributed by atoms with Gasteiger partial charge in [0.05, 0.1) is 11.5 Å². The van der Waals surface area contributed by atoms with Crippen molar-refractivity contribution in [2.75, 3.05) is 31.6 Å². The van der Waals surface area contributed by atoms with Crippen molar-refractivity contribution in [1.82, 2.24) is 4.90 Å². The van der Waals surface area contributed by atoms with E-state index in [2.05, 4.69) is 10.0 Å². The molecule has 86 valence electrons. The largest absolute Gasteiger partial charge is 0.302 e. The monoisotopic (exact) mass is 232 g/mol. The number of hydrogen-bond donors (Lipinski definition) is 0. The van der Waals surface area contributed by atoms with Crippen molar-refractivity contribution in [3.63, 3.8) is 0 Å². The minimum absolute atomic E-state index is 0.140. The van der Waals surface area contributed by atoms with Crippen LogP contribution in [0.25, 0.3) is 10.4 Å². The first-order valence-corrected chi connectivity index (χ1v) is 6.79. The number of sulfone groups is 1. The van der Waals surface area contributed by atoms with Crippen molar-refractivity contribution in [3.05, 3.63) is 10.4 Å². The van der Waals surface area contributed by atoms with Crippen LogP contribution >= 0.6 is 0 Å². The van der Waals surface area contributed by atoms with E-state index in [9.17, 15) is 8.42 Å². The van der Waals surface area contributed by atoms with Gasteiger partial charge in [-0.05, 0) is 32.0 Å². The van der Waals surface area contributed by atoms with E-state index in [1.54, 1.807) is 0 Å². The van der Waals surface area contributed by atoms with E-state index < -0.39 is 9.84 Å². The summed E-state index contributed by atoms with van der Waals surface area (Å²) in [6, 6.07) is 0.140. The molecule has 1 heterocycles. The van der Waals surface area contributed by atoms with Crippen molar-refractivity contribution in [2.24, 2.45) is 5.11 Å². The maximum absolute atomic E-state index is 11.2. The summed E-state index contributed by atoms with van der Waals surface area (Å²) in [5.74, 6) is 0.573. The molecule has 1 saturated heterocycles. The van der Waals surface area contributed by atoms with Gasteiger partial charge in [0, 0.05) is 17.5 Å². The van der Waals surface area contributed by atoms with E-state index in [1.165, 1.54) is 0 Å². The lowest BCUT2D eigenvalue weighted by Crippen LogP contribution is -2.33. The summed E-state index contributed by atoms with van der Waals surface area (Å²) in [7, 11) is -0.881. The van der Waals surface area contributed by atoms with Gasteiger partial charge in [0.25, 0.3) is 0 Å². The molecule has 7 heteroatoms. The molecule has 0 saturated carbocycles. The van der Waals surface area contributed by atoms with Gasteiger partial charge >= 0.3 is 0 Å². The van der Waals surface area contributed by atoms with Gasteiger partial charge in [0.2, 0.25) is 0 Å². The number of nitrogens with zero attached hydrogens (tertiary/aromatic N) is 4. The third-order valence-corrected chi connectivity index (χ3v) is 4.41. The van der Waals surface area contributed by atoms with Crippen molar-refractivity contribution < 1.29 is 8.42 Å². The van der Waals surface area contributed by atoms with E-state index >= 15 is 0 Å². The zero-order valence-corrected chi connectivity index (χ0v) is 9.65. The van der Waals surface area contributed by atoms with Crippen LogP contribution < -0.4 is 0 Å². The van der Waals surface area contributed by atoms with Crippen molar-refractivity contribution in [1.29, 1.82) is 0 Å². The SMILES string of the molecule is CN(CCCN=[N+]=[N-])C1CCS(=O)(=O)C1. The molecule has 15 heavy (non-hydrogen) atoms. The number of rotatable bonds is 5. The Balaban J connectivity index is 2.29. The lowest BCUT2D eigenvalue weighted by atomic mass is 10.2. The molecule has 1 aliphatic heterocycles. The fraction of sp³-hybridized carbons (Fsp3) is 1.00. The normalized spacial score (nSPS) is 24.0. The summed E-state index contributed by atoms with van der Waals surface area (Å²) >= 11 is 0. The Morgan fingerprint density at radius 3 is 2.87 bits per heavy atom. The maximum Gasteiger partial charge on any atom is 0.151 e. The van der Waals surface area contributed by atoms with E-state index in [1.807, 2.05) is 11.9 Å². The minimum Gasteiger partial charge on any atom is -0.302 e. The van der Waals surface area contributed by atoms with Crippen LogP contribution in [0.3, 0.4) is 0 Å². The molecule has 0 amide bonds. The molecule has 0 aliphatic carbocycles. The lowest BCUT2D eigenvalue weighted by Gasteiger charge is -2.22. The molecule has 0 aromatic rings. The minimum atomic E-state index is -2.80. The highest BCUT2D eigenvalue weighted by molar-refractivity contribution is 7.91. The molecule has 1 aliphatic rings. The van der Waals surface area contributed by atoms with Crippen molar-refractivity contribution in [3.8, 4) is 0 Å². The second-order valence-electron chi connectivity index (χ2n) is 3.85. The highest BCUT2D eigenvalue weighted by atomic mass is 32.2. The van der Waals surface area contributed by atoms with Gasteiger partial charge in [-0.1, -0.05) is 5.11 Å². The summed E-state index contributed by atoms with van der Waals surface area (Å²) < 4.78 is 22.5. The third kappa shape index (κ3) is 4.07. The van der Waals surface area contributed by atoms with Crippen LogP contribution in [0.15, 0.2) is 5.11 Å². The zero-order chi connectivity index (χ0) is 11.3. The highest BCUT2D eigenvalue weighted by Gasteiger charge is 2.30. The average molecular weight is 232 g/mol.